The van der Waals surface area contributed by atoms with Gasteiger partial charge in [-0.05, 0) is 18.2 Å². The van der Waals surface area contributed by atoms with E-state index in [9.17, 15) is 4.79 Å². The zero-order valence-electron chi connectivity index (χ0n) is 10.3. The second-order valence-corrected chi connectivity index (χ2v) is 4.36. The maximum atomic E-state index is 12.0. The summed E-state index contributed by atoms with van der Waals surface area (Å²) in [6.45, 7) is 1.18. The molecule has 1 amide bonds. The minimum absolute atomic E-state index is 0.00558. The van der Waals surface area contributed by atoms with E-state index in [0.717, 1.165) is 0 Å². The van der Waals surface area contributed by atoms with E-state index in [0.29, 0.717) is 24.5 Å². The molecule has 3 heterocycles. The minimum Gasteiger partial charge on any atom is -0.471 e. The van der Waals surface area contributed by atoms with Crippen molar-refractivity contribution in [3.05, 3.63) is 54.5 Å². The molecular weight excluding hydrogens is 242 g/mol. The van der Waals surface area contributed by atoms with Crippen LogP contribution in [0.1, 0.15) is 10.4 Å². The third-order valence-corrected chi connectivity index (χ3v) is 2.97. The molecule has 96 valence electrons. The maximum absolute atomic E-state index is 12.0. The Kier molecular flexibility index (Phi) is 3.10. The third-order valence-electron chi connectivity index (χ3n) is 2.97. The molecule has 0 aromatic carbocycles. The topological polar surface area (TPSA) is 55.3 Å². The van der Waals surface area contributed by atoms with Crippen LogP contribution in [-0.4, -0.2) is 40.0 Å². The number of nitrogens with zero attached hydrogens (tertiary/aromatic N) is 3. The second-order valence-electron chi connectivity index (χ2n) is 4.36. The number of carbonyl (C=O) groups is 1. The molecule has 0 aliphatic carbocycles. The summed E-state index contributed by atoms with van der Waals surface area (Å²) < 4.78 is 5.65. The van der Waals surface area contributed by atoms with Gasteiger partial charge in [0.2, 0.25) is 5.88 Å². The van der Waals surface area contributed by atoms with Crippen molar-refractivity contribution in [2.45, 2.75) is 6.10 Å². The first-order valence-corrected chi connectivity index (χ1v) is 6.10. The average molecular weight is 255 g/mol. The van der Waals surface area contributed by atoms with Gasteiger partial charge in [-0.3, -0.25) is 9.78 Å². The van der Waals surface area contributed by atoms with Crippen molar-refractivity contribution in [1.82, 2.24) is 14.9 Å². The van der Waals surface area contributed by atoms with Crippen LogP contribution in [0.2, 0.25) is 0 Å². The van der Waals surface area contributed by atoms with E-state index in [-0.39, 0.29) is 12.0 Å². The fraction of sp³-hybridized carbons (Fsp3) is 0.214. The van der Waals surface area contributed by atoms with E-state index in [1.165, 1.54) is 0 Å². The normalized spacial score (nSPS) is 14.8. The molecule has 1 aliphatic rings. The predicted molar refractivity (Wildman–Crippen MR) is 68.8 cm³/mol. The number of likely N-dealkylation sites (tertiary alicyclic amines) is 1. The lowest BCUT2D eigenvalue weighted by atomic mass is 10.1. The van der Waals surface area contributed by atoms with E-state index in [1.54, 1.807) is 35.6 Å². The Morgan fingerprint density at radius 2 is 2.11 bits per heavy atom. The zero-order valence-corrected chi connectivity index (χ0v) is 10.3. The maximum Gasteiger partial charge on any atom is 0.255 e. The number of pyridine rings is 2. The van der Waals surface area contributed by atoms with Gasteiger partial charge >= 0.3 is 0 Å². The monoisotopic (exact) mass is 255 g/mol. The van der Waals surface area contributed by atoms with Crippen LogP contribution < -0.4 is 4.74 Å². The van der Waals surface area contributed by atoms with E-state index in [1.807, 2.05) is 18.2 Å². The van der Waals surface area contributed by atoms with Crippen molar-refractivity contribution in [3.63, 3.8) is 0 Å². The predicted octanol–water partition coefficient (Wildman–Crippen LogP) is 1.38. The van der Waals surface area contributed by atoms with Crippen LogP contribution in [-0.2, 0) is 0 Å². The van der Waals surface area contributed by atoms with Crippen molar-refractivity contribution in [2.24, 2.45) is 0 Å². The summed E-state index contributed by atoms with van der Waals surface area (Å²) in [5, 5.41) is 0. The minimum atomic E-state index is -0.00558. The highest BCUT2D eigenvalue weighted by Gasteiger charge is 2.33. The van der Waals surface area contributed by atoms with Gasteiger partial charge < -0.3 is 9.64 Å². The van der Waals surface area contributed by atoms with Gasteiger partial charge in [0.05, 0.1) is 18.7 Å². The highest BCUT2D eigenvalue weighted by atomic mass is 16.5. The van der Waals surface area contributed by atoms with Crippen molar-refractivity contribution in [3.8, 4) is 5.88 Å². The standard InChI is InChI=1S/C14H13N3O2/c18-14(11-4-3-6-15-8-11)17-9-12(10-17)19-13-5-1-2-7-16-13/h1-8,12H,9-10H2. The van der Waals surface area contributed by atoms with E-state index >= 15 is 0 Å². The smallest absolute Gasteiger partial charge is 0.255 e. The quantitative estimate of drug-likeness (QED) is 0.831. The third kappa shape index (κ3) is 2.54. The van der Waals surface area contributed by atoms with Gasteiger partial charge in [-0.15, -0.1) is 0 Å². The molecule has 0 unspecified atom stereocenters. The van der Waals surface area contributed by atoms with Crippen molar-refractivity contribution < 1.29 is 9.53 Å². The van der Waals surface area contributed by atoms with Crippen LogP contribution in [0.3, 0.4) is 0 Å². The van der Waals surface area contributed by atoms with Crippen LogP contribution >= 0.6 is 0 Å². The lowest BCUT2D eigenvalue weighted by molar-refractivity contribution is 0.0160. The molecule has 2 aromatic heterocycles. The fourth-order valence-corrected chi connectivity index (χ4v) is 1.94. The summed E-state index contributed by atoms with van der Waals surface area (Å²) in [7, 11) is 0. The molecule has 0 saturated carbocycles. The molecule has 2 aromatic rings. The SMILES string of the molecule is O=C(c1cccnc1)N1CC(Oc2ccccn2)C1. The van der Waals surface area contributed by atoms with E-state index in [2.05, 4.69) is 9.97 Å². The van der Waals surface area contributed by atoms with E-state index in [4.69, 9.17) is 4.74 Å². The molecule has 5 heteroatoms. The highest BCUT2D eigenvalue weighted by molar-refractivity contribution is 5.94. The molecule has 1 aliphatic heterocycles. The summed E-state index contributed by atoms with van der Waals surface area (Å²) in [6, 6.07) is 9.05. The van der Waals surface area contributed by atoms with Gasteiger partial charge in [0.15, 0.2) is 0 Å². The van der Waals surface area contributed by atoms with E-state index < -0.39 is 0 Å². The molecule has 0 atom stereocenters. The Bertz CT molecular complexity index is 553. The van der Waals surface area contributed by atoms with Crippen molar-refractivity contribution >= 4 is 5.91 Å². The number of aromatic nitrogens is 2. The van der Waals surface area contributed by atoms with Crippen LogP contribution in [0.5, 0.6) is 5.88 Å². The zero-order chi connectivity index (χ0) is 13.1. The van der Waals surface area contributed by atoms with Crippen molar-refractivity contribution in [2.75, 3.05) is 13.1 Å². The molecule has 1 fully saturated rings. The number of rotatable bonds is 3. The second kappa shape index (κ2) is 5.06. The summed E-state index contributed by atoms with van der Waals surface area (Å²) >= 11 is 0. The largest absolute Gasteiger partial charge is 0.471 e. The summed E-state index contributed by atoms with van der Waals surface area (Å²) in [6.07, 6.45) is 4.94. The number of amides is 1. The molecule has 0 bridgehead atoms. The van der Waals surface area contributed by atoms with Crippen LogP contribution in [0.25, 0.3) is 0 Å². The summed E-state index contributed by atoms with van der Waals surface area (Å²) in [5.41, 5.74) is 0.610. The van der Waals surface area contributed by atoms with Gasteiger partial charge in [-0.2, -0.15) is 0 Å². The Labute approximate surface area is 110 Å². The number of ether oxygens (including phenoxy) is 1. The average Bonchev–Trinajstić information content (AvgIpc) is 2.44. The van der Waals surface area contributed by atoms with Gasteiger partial charge in [0, 0.05) is 24.7 Å². The Hall–Kier alpha value is -2.43. The molecule has 19 heavy (non-hydrogen) atoms. The number of carbonyl (C=O) groups excluding carboxylic acids is 1. The lowest BCUT2D eigenvalue weighted by Crippen LogP contribution is -2.56. The van der Waals surface area contributed by atoms with Crippen molar-refractivity contribution in [1.29, 1.82) is 0 Å². The fourth-order valence-electron chi connectivity index (χ4n) is 1.94. The van der Waals surface area contributed by atoms with Gasteiger partial charge in [0.25, 0.3) is 5.91 Å². The molecule has 3 rings (SSSR count). The van der Waals surface area contributed by atoms with Crippen LogP contribution in [0.15, 0.2) is 48.9 Å². The van der Waals surface area contributed by atoms with Crippen LogP contribution in [0, 0.1) is 0 Å². The molecule has 0 radical (unpaired) electrons. The molecule has 0 spiro atoms. The molecule has 1 saturated heterocycles. The summed E-state index contributed by atoms with van der Waals surface area (Å²) in [4.78, 5) is 21.8. The van der Waals surface area contributed by atoms with Crippen LogP contribution in [0.4, 0.5) is 0 Å². The Morgan fingerprint density at radius 1 is 1.21 bits per heavy atom. The highest BCUT2D eigenvalue weighted by Crippen LogP contribution is 2.17. The first-order valence-electron chi connectivity index (χ1n) is 6.10. The summed E-state index contributed by atoms with van der Waals surface area (Å²) in [5.74, 6) is 0.593. The molecule has 0 N–H and O–H groups in total. The first-order chi connectivity index (χ1) is 9.33. The lowest BCUT2D eigenvalue weighted by Gasteiger charge is -2.38. The first kappa shape index (κ1) is 11.6. The van der Waals surface area contributed by atoms with Gasteiger partial charge in [0.1, 0.15) is 6.10 Å². The number of hydrogen-bond acceptors (Lipinski definition) is 4. The van der Waals surface area contributed by atoms with Gasteiger partial charge in [-0.25, -0.2) is 4.98 Å². The van der Waals surface area contributed by atoms with Gasteiger partial charge in [-0.1, -0.05) is 6.07 Å². The Morgan fingerprint density at radius 3 is 2.79 bits per heavy atom. The number of hydrogen-bond donors (Lipinski definition) is 0. The Balaban J connectivity index is 1.54. The molecular formula is C14H13N3O2. The molecule has 5 nitrogen and oxygen atoms in total.